The van der Waals surface area contributed by atoms with Crippen molar-refractivity contribution in [2.24, 2.45) is 0 Å². The molecule has 1 aliphatic rings. The molecule has 0 aliphatic carbocycles. The lowest BCUT2D eigenvalue weighted by Gasteiger charge is -2.34. The number of nitrogens with zero attached hydrogens (tertiary/aromatic N) is 3. The van der Waals surface area contributed by atoms with E-state index in [1.54, 1.807) is 17.0 Å². The Labute approximate surface area is 167 Å². The van der Waals surface area contributed by atoms with E-state index in [1.165, 1.54) is 18.8 Å². The van der Waals surface area contributed by atoms with E-state index in [2.05, 4.69) is 15.3 Å². The van der Waals surface area contributed by atoms with Gasteiger partial charge in [-0.3, -0.25) is 9.59 Å². The highest BCUT2D eigenvalue weighted by Gasteiger charge is 2.33. The quantitative estimate of drug-likeness (QED) is 0.714. The Morgan fingerprint density at radius 1 is 1.10 bits per heavy atom. The normalized spacial score (nSPS) is 16.3. The first-order chi connectivity index (χ1) is 14.2. The highest BCUT2D eigenvalue weighted by atomic mass is 16.5. The van der Waals surface area contributed by atoms with Gasteiger partial charge in [-0.2, -0.15) is 0 Å². The van der Waals surface area contributed by atoms with Crippen LogP contribution in [0.2, 0.25) is 0 Å². The summed E-state index contributed by atoms with van der Waals surface area (Å²) >= 11 is 0. The van der Waals surface area contributed by atoms with Gasteiger partial charge < -0.3 is 19.4 Å². The second-order valence-electron chi connectivity index (χ2n) is 6.67. The molecule has 29 heavy (non-hydrogen) atoms. The topological polar surface area (TPSA) is 97.6 Å². The molecule has 3 aromatic rings. The number of likely N-dealkylation sites (tertiary alicyclic amines) is 1. The number of para-hydroxylation sites is 1. The van der Waals surface area contributed by atoms with Gasteiger partial charge in [0.25, 0.3) is 5.91 Å². The number of amides is 2. The van der Waals surface area contributed by atoms with E-state index >= 15 is 0 Å². The zero-order valence-corrected chi connectivity index (χ0v) is 15.7. The number of oxazole rings is 1. The van der Waals surface area contributed by atoms with Crippen molar-refractivity contribution in [3.63, 3.8) is 0 Å². The van der Waals surface area contributed by atoms with Crippen molar-refractivity contribution in [2.45, 2.75) is 25.3 Å². The van der Waals surface area contributed by atoms with Crippen LogP contribution < -0.4 is 10.1 Å². The number of hydrogen-bond donors (Lipinski definition) is 1. The van der Waals surface area contributed by atoms with Gasteiger partial charge in [0.1, 0.15) is 11.8 Å². The number of hydrogen-bond acceptors (Lipinski definition) is 6. The molecule has 0 radical (unpaired) electrons. The molecule has 1 saturated heterocycles. The molecule has 8 nitrogen and oxygen atoms in total. The monoisotopic (exact) mass is 392 g/mol. The minimum Gasteiger partial charge on any atom is -0.439 e. The Balaban J connectivity index is 1.41. The number of carbonyl (C=O) groups excluding carboxylic acids is 2. The fraction of sp³-hybridized carbons (Fsp3) is 0.238. The number of aromatic nitrogens is 2. The van der Waals surface area contributed by atoms with Crippen molar-refractivity contribution >= 4 is 17.5 Å². The molecule has 2 aromatic heterocycles. The van der Waals surface area contributed by atoms with Crippen LogP contribution in [0.3, 0.4) is 0 Å². The largest absolute Gasteiger partial charge is 0.439 e. The van der Waals surface area contributed by atoms with Gasteiger partial charge in [0.05, 0.1) is 18.1 Å². The molecule has 1 N–H and O–H groups in total. The number of piperidine rings is 1. The molecule has 0 saturated carbocycles. The van der Waals surface area contributed by atoms with Gasteiger partial charge in [0.2, 0.25) is 17.5 Å². The zero-order chi connectivity index (χ0) is 20.1. The third-order valence-corrected chi connectivity index (χ3v) is 4.68. The second-order valence-corrected chi connectivity index (χ2v) is 6.67. The Kier molecular flexibility index (Phi) is 5.51. The maximum absolute atomic E-state index is 12.8. The number of anilines is 1. The van der Waals surface area contributed by atoms with E-state index in [-0.39, 0.29) is 17.6 Å². The van der Waals surface area contributed by atoms with Crippen molar-refractivity contribution in [3.8, 4) is 11.6 Å². The lowest BCUT2D eigenvalue weighted by molar-refractivity contribution is -0.121. The molecule has 4 rings (SSSR count). The van der Waals surface area contributed by atoms with Gasteiger partial charge in [0, 0.05) is 12.6 Å². The Hall–Kier alpha value is -3.68. The molecule has 148 valence electrons. The minimum atomic E-state index is -0.568. The van der Waals surface area contributed by atoms with Crippen molar-refractivity contribution in [3.05, 3.63) is 67.0 Å². The molecule has 0 unspecified atom stereocenters. The zero-order valence-electron chi connectivity index (χ0n) is 15.7. The maximum atomic E-state index is 12.8. The second kappa shape index (κ2) is 8.55. The van der Waals surface area contributed by atoms with Gasteiger partial charge in [-0.25, -0.2) is 9.97 Å². The summed E-state index contributed by atoms with van der Waals surface area (Å²) in [6.07, 6.45) is 6.41. The summed E-state index contributed by atoms with van der Waals surface area (Å²) in [5.41, 5.74) is 0.535. The van der Waals surface area contributed by atoms with E-state index in [1.807, 2.05) is 30.3 Å². The van der Waals surface area contributed by atoms with Crippen LogP contribution in [0.25, 0.3) is 0 Å². The Morgan fingerprint density at radius 2 is 1.97 bits per heavy atom. The molecule has 1 aromatic carbocycles. The van der Waals surface area contributed by atoms with Crippen molar-refractivity contribution in [2.75, 3.05) is 11.9 Å². The maximum Gasteiger partial charge on any atom is 0.291 e. The number of carbonyl (C=O) groups is 2. The van der Waals surface area contributed by atoms with Crippen molar-refractivity contribution < 1.29 is 18.7 Å². The Bertz CT molecular complexity index is 958. The molecular formula is C21H20N4O4. The number of nitrogens with one attached hydrogen (secondary N) is 1. The lowest BCUT2D eigenvalue weighted by atomic mass is 10.0. The SMILES string of the molecule is O=C(Nc1ccc(Oc2ccccc2)nc1)[C@@H]1CCCCN1C(=O)c1cnco1. The van der Waals surface area contributed by atoms with Crippen LogP contribution in [-0.4, -0.2) is 39.3 Å². The highest BCUT2D eigenvalue weighted by molar-refractivity contribution is 6.00. The van der Waals surface area contributed by atoms with Crippen LogP contribution in [-0.2, 0) is 4.79 Å². The van der Waals surface area contributed by atoms with Gasteiger partial charge in [-0.05, 0) is 37.5 Å². The van der Waals surface area contributed by atoms with Gasteiger partial charge in [-0.15, -0.1) is 0 Å². The molecular weight excluding hydrogens is 372 g/mol. The van der Waals surface area contributed by atoms with Crippen molar-refractivity contribution in [1.82, 2.24) is 14.9 Å². The van der Waals surface area contributed by atoms with Gasteiger partial charge >= 0.3 is 0 Å². The van der Waals surface area contributed by atoms with Crippen LogP contribution in [0, 0.1) is 0 Å². The summed E-state index contributed by atoms with van der Waals surface area (Å²) in [7, 11) is 0. The summed E-state index contributed by atoms with van der Waals surface area (Å²) in [4.78, 5) is 35.0. The Morgan fingerprint density at radius 3 is 2.69 bits per heavy atom. The van der Waals surface area contributed by atoms with E-state index in [0.29, 0.717) is 30.3 Å². The summed E-state index contributed by atoms with van der Waals surface area (Å²) < 4.78 is 10.8. The third-order valence-electron chi connectivity index (χ3n) is 4.68. The third kappa shape index (κ3) is 4.43. The number of benzene rings is 1. The average Bonchev–Trinajstić information content (AvgIpc) is 3.30. The number of rotatable bonds is 5. The first kappa shape index (κ1) is 18.7. The predicted octanol–water partition coefficient (Wildman–Crippen LogP) is 3.50. The molecule has 1 atom stereocenters. The predicted molar refractivity (Wildman–Crippen MR) is 105 cm³/mol. The minimum absolute atomic E-state index is 0.133. The smallest absolute Gasteiger partial charge is 0.291 e. The summed E-state index contributed by atoms with van der Waals surface area (Å²) in [6, 6.07) is 12.2. The molecule has 3 heterocycles. The molecule has 0 spiro atoms. The van der Waals surface area contributed by atoms with Crippen LogP contribution in [0.1, 0.15) is 29.8 Å². The molecule has 1 aliphatic heterocycles. The fourth-order valence-corrected chi connectivity index (χ4v) is 3.26. The molecule has 2 amide bonds. The van der Waals surface area contributed by atoms with Crippen LogP contribution >= 0.6 is 0 Å². The molecule has 0 bridgehead atoms. The van der Waals surface area contributed by atoms with Crippen LogP contribution in [0.5, 0.6) is 11.6 Å². The summed E-state index contributed by atoms with van der Waals surface area (Å²) in [5, 5.41) is 2.84. The molecule has 8 heteroatoms. The standard InChI is InChI=1S/C21H20N4O4/c26-20(17-8-4-5-11-25(17)21(27)18-13-22-14-28-18)24-15-9-10-19(23-12-15)29-16-6-2-1-3-7-16/h1-3,6-7,9-10,12-14,17H,4-5,8,11H2,(H,24,26)/t17-/m0/s1. The molecule has 1 fully saturated rings. The number of ether oxygens (including phenoxy) is 1. The van der Waals surface area contributed by atoms with E-state index in [0.717, 1.165) is 12.8 Å². The van der Waals surface area contributed by atoms with Crippen LogP contribution in [0.15, 0.2) is 65.7 Å². The van der Waals surface area contributed by atoms with E-state index < -0.39 is 6.04 Å². The van der Waals surface area contributed by atoms with E-state index in [4.69, 9.17) is 9.15 Å². The lowest BCUT2D eigenvalue weighted by Crippen LogP contribution is -2.49. The average molecular weight is 392 g/mol. The van der Waals surface area contributed by atoms with Crippen LogP contribution in [0.4, 0.5) is 5.69 Å². The van der Waals surface area contributed by atoms with Gasteiger partial charge in [-0.1, -0.05) is 18.2 Å². The van der Waals surface area contributed by atoms with Gasteiger partial charge in [0.15, 0.2) is 6.39 Å². The summed E-state index contributed by atoms with van der Waals surface area (Å²) in [5.74, 6) is 0.659. The first-order valence-electron chi connectivity index (χ1n) is 9.40. The summed E-state index contributed by atoms with van der Waals surface area (Å²) in [6.45, 7) is 0.500. The first-order valence-corrected chi connectivity index (χ1v) is 9.40. The van der Waals surface area contributed by atoms with Crippen molar-refractivity contribution in [1.29, 1.82) is 0 Å². The number of pyridine rings is 1. The highest BCUT2D eigenvalue weighted by Crippen LogP contribution is 2.23. The van der Waals surface area contributed by atoms with E-state index in [9.17, 15) is 9.59 Å². The fourth-order valence-electron chi connectivity index (χ4n) is 3.26.